The van der Waals surface area contributed by atoms with Crippen molar-refractivity contribution in [1.29, 1.82) is 0 Å². The van der Waals surface area contributed by atoms with Crippen molar-refractivity contribution >= 4 is 10.3 Å². The van der Waals surface area contributed by atoms with E-state index in [4.69, 9.17) is 5.53 Å². The van der Waals surface area contributed by atoms with Crippen LogP contribution in [0.25, 0.3) is 10.4 Å². The molecule has 7 heteroatoms. The van der Waals surface area contributed by atoms with E-state index in [1.165, 1.54) is 0 Å². The first-order valence-electron chi connectivity index (χ1n) is 3.28. The molecule has 0 saturated carbocycles. The topological polar surface area (TPSA) is 92.1 Å². The highest BCUT2D eigenvalue weighted by molar-refractivity contribution is 7.85. The maximum atomic E-state index is 10.7. The van der Waals surface area contributed by atoms with E-state index in [0.717, 1.165) is 0 Å². The molecule has 0 aromatic carbocycles. The fourth-order valence-corrected chi connectivity index (χ4v) is 1.54. The molecule has 0 N–H and O–H groups in total. The summed E-state index contributed by atoms with van der Waals surface area (Å²) in [5, 5.41) is 0. The molecule has 6 nitrogen and oxygen atoms in total. The van der Waals surface area contributed by atoms with Gasteiger partial charge in [0.25, 0.3) is 0 Å². The van der Waals surface area contributed by atoms with Gasteiger partial charge in [-0.05, 0) is 18.4 Å². The van der Waals surface area contributed by atoms with E-state index in [-0.39, 0.29) is 0 Å². The molecule has 12 heavy (non-hydrogen) atoms. The van der Waals surface area contributed by atoms with Gasteiger partial charge in [-0.3, -0.25) is 4.18 Å². The zero-order chi connectivity index (χ0) is 9.03. The van der Waals surface area contributed by atoms with Gasteiger partial charge in [-0.2, -0.15) is 8.42 Å². The van der Waals surface area contributed by atoms with Crippen LogP contribution in [0.15, 0.2) is 16.7 Å². The van der Waals surface area contributed by atoms with Crippen molar-refractivity contribution in [3.63, 3.8) is 0 Å². The number of hydrogen-bond acceptors (Lipinski definition) is 3. The highest BCUT2D eigenvalue weighted by atomic mass is 32.2. The van der Waals surface area contributed by atoms with Crippen LogP contribution in [0.1, 0.15) is 12.8 Å². The van der Waals surface area contributed by atoms with Gasteiger partial charge in [0, 0.05) is 4.91 Å². The monoisotopic (exact) mass is 189 g/mol. The molecule has 0 amide bonds. The number of azide groups is 1. The van der Waals surface area contributed by atoms with Crippen LogP contribution >= 0.6 is 0 Å². The molecule has 1 rings (SSSR count). The van der Waals surface area contributed by atoms with E-state index in [2.05, 4.69) is 13.6 Å². The Labute approximate surface area is 69.7 Å². The Morgan fingerprint density at radius 2 is 2.08 bits per heavy atom. The van der Waals surface area contributed by atoms with Gasteiger partial charge in [-0.15, -0.1) is 0 Å². The molecule has 0 saturated heterocycles. The van der Waals surface area contributed by atoms with E-state index in [1.807, 2.05) is 12.2 Å². The minimum atomic E-state index is -4.05. The summed E-state index contributed by atoms with van der Waals surface area (Å²) in [4.78, 5) is 2.14. The summed E-state index contributed by atoms with van der Waals surface area (Å²) in [5.41, 5.74) is 7.86. The van der Waals surface area contributed by atoms with Gasteiger partial charge < -0.3 is 0 Å². The maximum absolute atomic E-state index is 10.7. The van der Waals surface area contributed by atoms with Gasteiger partial charge in [0.05, 0.1) is 10.6 Å². The molecular formula is C5H7N3O3S. The minimum absolute atomic E-state index is 0.402. The van der Waals surface area contributed by atoms with Gasteiger partial charge in [0.1, 0.15) is 0 Å². The molecule has 0 aromatic rings. The Morgan fingerprint density at radius 3 is 2.58 bits per heavy atom. The molecule has 0 spiro atoms. The molecule has 0 atom stereocenters. The zero-order valence-electron chi connectivity index (χ0n) is 6.12. The van der Waals surface area contributed by atoms with Crippen molar-refractivity contribution in [3.05, 3.63) is 22.6 Å². The molecule has 0 bridgehead atoms. The third kappa shape index (κ3) is 2.54. The minimum Gasteiger partial charge on any atom is -0.260 e. The van der Waals surface area contributed by atoms with Crippen molar-refractivity contribution in [3.8, 4) is 0 Å². The van der Waals surface area contributed by atoms with Gasteiger partial charge in [-0.25, -0.2) is 0 Å². The van der Waals surface area contributed by atoms with Gasteiger partial charge in [0.15, 0.2) is 0 Å². The highest BCUT2D eigenvalue weighted by Crippen LogP contribution is 2.16. The van der Waals surface area contributed by atoms with Crippen LogP contribution < -0.4 is 0 Å². The quantitative estimate of drug-likeness (QED) is 0.289. The number of hydrogen-bond donors (Lipinski definition) is 0. The zero-order valence-corrected chi connectivity index (χ0v) is 6.94. The lowest BCUT2D eigenvalue weighted by Crippen LogP contribution is -2.12. The fourth-order valence-electron chi connectivity index (χ4n) is 0.907. The molecule has 1 aliphatic carbocycles. The summed E-state index contributed by atoms with van der Waals surface area (Å²) >= 11 is 0. The summed E-state index contributed by atoms with van der Waals surface area (Å²) < 4.78 is 28.5. The molecule has 66 valence electrons. The molecule has 1 aliphatic rings. The average molecular weight is 189 g/mol. The maximum Gasteiger partial charge on any atom is 0.358 e. The molecule has 0 aromatic heterocycles. The van der Waals surface area contributed by atoms with Crippen molar-refractivity contribution < 1.29 is 12.6 Å². The van der Waals surface area contributed by atoms with Gasteiger partial charge in [-0.1, -0.05) is 12.2 Å². The Morgan fingerprint density at radius 1 is 1.50 bits per heavy atom. The van der Waals surface area contributed by atoms with E-state index < -0.39 is 16.4 Å². The molecule has 0 fully saturated rings. The second-order valence-corrected chi connectivity index (χ2v) is 3.47. The summed E-state index contributed by atoms with van der Waals surface area (Å²) in [6.45, 7) is 0. The summed E-state index contributed by atoms with van der Waals surface area (Å²) in [5.74, 6) is 0. The highest BCUT2D eigenvalue weighted by Gasteiger charge is 2.18. The summed E-state index contributed by atoms with van der Waals surface area (Å²) in [7, 11) is -4.05. The molecular weight excluding hydrogens is 182 g/mol. The first kappa shape index (κ1) is 9.05. The van der Waals surface area contributed by atoms with Crippen LogP contribution in [-0.4, -0.2) is 14.5 Å². The van der Waals surface area contributed by atoms with Crippen molar-refractivity contribution in [2.75, 3.05) is 0 Å². The van der Waals surface area contributed by atoms with E-state index in [9.17, 15) is 8.42 Å². The van der Waals surface area contributed by atoms with Crippen LogP contribution in [-0.2, 0) is 14.5 Å². The summed E-state index contributed by atoms with van der Waals surface area (Å²) in [6, 6.07) is 0. The molecule has 0 unspecified atom stereocenters. The smallest absolute Gasteiger partial charge is 0.260 e. The van der Waals surface area contributed by atoms with Crippen LogP contribution in [0.2, 0.25) is 0 Å². The molecule has 0 aliphatic heterocycles. The Hall–Kier alpha value is -1.04. The standard InChI is InChI=1S/C5H7N3O3S/c6-7-8-12(9,10)11-5-3-1-2-4-5/h1-2,5H,3-4H2. The fraction of sp³-hybridized carbons (Fsp3) is 0.600. The van der Waals surface area contributed by atoms with Crippen molar-refractivity contribution in [1.82, 2.24) is 0 Å². The van der Waals surface area contributed by atoms with E-state index >= 15 is 0 Å². The third-order valence-electron chi connectivity index (χ3n) is 1.36. The van der Waals surface area contributed by atoms with Crippen molar-refractivity contribution in [2.24, 2.45) is 4.52 Å². The van der Waals surface area contributed by atoms with Gasteiger partial charge >= 0.3 is 10.3 Å². The molecule has 0 heterocycles. The average Bonchev–Trinajstić information content (AvgIpc) is 2.38. The number of rotatable bonds is 3. The Kier molecular flexibility index (Phi) is 2.69. The predicted molar refractivity (Wildman–Crippen MR) is 41.3 cm³/mol. The third-order valence-corrected chi connectivity index (χ3v) is 2.15. The second-order valence-electron chi connectivity index (χ2n) is 2.26. The van der Waals surface area contributed by atoms with Crippen LogP contribution in [0.3, 0.4) is 0 Å². The first-order chi connectivity index (χ1) is 5.64. The Balaban J connectivity index is 2.56. The summed E-state index contributed by atoms with van der Waals surface area (Å²) in [6.07, 6.45) is 4.31. The SMILES string of the molecule is [N-]=[N+]=NS(=O)(=O)OC1CC=CC1. The van der Waals surface area contributed by atoms with E-state index in [1.54, 1.807) is 0 Å². The van der Waals surface area contributed by atoms with Crippen molar-refractivity contribution in [2.45, 2.75) is 18.9 Å². The predicted octanol–water partition coefficient (Wildman–Crippen LogP) is 1.28. The normalized spacial score (nSPS) is 17.7. The van der Waals surface area contributed by atoms with Crippen LogP contribution in [0, 0.1) is 0 Å². The van der Waals surface area contributed by atoms with Gasteiger partial charge in [0.2, 0.25) is 0 Å². The van der Waals surface area contributed by atoms with E-state index in [0.29, 0.717) is 12.8 Å². The second kappa shape index (κ2) is 3.57. The largest absolute Gasteiger partial charge is 0.358 e. The lowest BCUT2D eigenvalue weighted by atomic mass is 10.3. The lowest BCUT2D eigenvalue weighted by molar-refractivity contribution is 0.224. The lowest BCUT2D eigenvalue weighted by Gasteiger charge is -2.06. The molecule has 0 radical (unpaired) electrons. The Bertz CT molecular complexity index is 320. The first-order valence-corrected chi connectivity index (χ1v) is 4.65. The van der Waals surface area contributed by atoms with Crippen LogP contribution in [0.5, 0.6) is 0 Å². The van der Waals surface area contributed by atoms with Crippen LogP contribution in [0.4, 0.5) is 0 Å². The number of nitrogens with zero attached hydrogens (tertiary/aromatic N) is 3.